The number of halogens is 2. The van der Waals surface area contributed by atoms with Crippen molar-refractivity contribution in [3.05, 3.63) is 64.1 Å². The molecule has 27 heavy (non-hydrogen) atoms. The number of benzene rings is 2. The average Bonchev–Trinajstić information content (AvgIpc) is 3.13. The molecule has 1 atom stereocenters. The third-order valence-electron chi connectivity index (χ3n) is 3.61. The molecule has 9 heteroatoms. The van der Waals surface area contributed by atoms with Crippen LogP contribution in [0.3, 0.4) is 0 Å². The van der Waals surface area contributed by atoms with Crippen LogP contribution >= 0.6 is 34.5 Å². The van der Waals surface area contributed by atoms with Crippen LogP contribution in [0.2, 0.25) is 10.0 Å². The molecule has 0 aliphatic rings. The van der Waals surface area contributed by atoms with E-state index in [2.05, 4.69) is 20.8 Å². The van der Waals surface area contributed by atoms with Gasteiger partial charge in [-0.3, -0.25) is 14.9 Å². The molecule has 0 radical (unpaired) electrons. The minimum absolute atomic E-state index is 0.140. The van der Waals surface area contributed by atoms with Crippen LogP contribution in [-0.4, -0.2) is 28.1 Å². The fourth-order valence-corrected chi connectivity index (χ4v) is 3.34. The van der Waals surface area contributed by atoms with Gasteiger partial charge in [0.1, 0.15) is 11.0 Å². The van der Waals surface area contributed by atoms with Crippen molar-refractivity contribution in [1.29, 1.82) is 0 Å². The fourth-order valence-electron chi connectivity index (χ4n) is 2.20. The van der Waals surface area contributed by atoms with E-state index in [1.165, 1.54) is 17.4 Å². The molecule has 2 aromatic carbocycles. The zero-order valence-corrected chi connectivity index (χ0v) is 16.4. The highest BCUT2D eigenvalue weighted by atomic mass is 35.5. The summed E-state index contributed by atoms with van der Waals surface area (Å²) in [7, 11) is 0. The second-order valence-corrected chi connectivity index (χ2v) is 7.33. The van der Waals surface area contributed by atoms with Crippen LogP contribution in [0.5, 0.6) is 0 Å². The van der Waals surface area contributed by atoms with Gasteiger partial charge >= 0.3 is 0 Å². The van der Waals surface area contributed by atoms with Crippen molar-refractivity contribution < 1.29 is 9.59 Å². The zero-order valence-electron chi connectivity index (χ0n) is 14.1. The molecule has 138 valence electrons. The Bertz CT molecular complexity index is 979. The van der Waals surface area contributed by atoms with E-state index in [0.29, 0.717) is 10.1 Å². The van der Waals surface area contributed by atoms with E-state index in [-0.39, 0.29) is 15.6 Å². The van der Waals surface area contributed by atoms with Gasteiger partial charge in [0.05, 0.1) is 15.6 Å². The smallest absolute Gasteiger partial charge is 0.253 e. The van der Waals surface area contributed by atoms with Crippen molar-refractivity contribution in [3.8, 4) is 10.6 Å². The molecule has 6 nitrogen and oxygen atoms in total. The van der Waals surface area contributed by atoms with Crippen LogP contribution in [-0.2, 0) is 4.79 Å². The third kappa shape index (κ3) is 4.63. The van der Waals surface area contributed by atoms with Crippen LogP contribution in [0.25, 0.3) is 10.6 Å². The van der Waals surface area contributed by atoms with Crippen molar-refractivity contribution in [3.63, 3.8) is 0 Å². The topological polar surface area (TPSA) is 84.0 Å². The first-order valence-corrected chi connectivity index (χ1v) is 9.47. The Hall–Kier alpha value is -2.48. The summed E-state index contributed by atoms with van der Waals surface area (Å²) in [5.41, 5.74) is 1.11. The molecule has 2 N–H and O–H groups in total. The first-order valence-electron chi connectivity index (χ1n) is 7.90. The van der Waals surface area contributed by atoms with Gasteiger partial charge in [-0.2, -0.15) is 0 Å². The predicted octanol–water partition coefficient (Wildman–Crippen LogP) is 4.27. The van der Waals surface area contributed by atoms with Crippen molar-refractivity contribution in [2.45, 2.75) is 13.0 Å². The maximum absolute atomic E-state index is 12.3. The monoisotopic (exact) mass is 420 g/mol. The lowest BCUT2D eigenvalue weighted by Gasteiger charge is -2.13. The SMILES string of the molecule is CC(NC(=O)c1cccc(Cl)c1Cl)C(=O)Nc1nnc(-c2ccccc2)s1. The number of nitrogens with one attached hydrogen (secondary N) is 2. The highest BCUT2D eigenvalue weighted by molar-refractivity contribution is 7.18. The van der Waals surface area contributed by atoms with Crippen molar-refractivity contribution in [1.82, 2.24) is 15.5 Å². The zero-order chi connectivity index (χ0) is 19.4. The maximum atomic E-state index is 12.3. The van der Waals surface area contributed by atoms with Gasteiger partial charge in [0.25, 0.3) is 5.91 Å². The highest BCUT2D eigenvalue weighted by Crippen LogP contribution is 2.27. The first kappa shape index (κ1) is 19.3. The molecule has 1 aromatic heterocycles. The highest BCUT2D eigenvalue weighted by Gasteiger charge is 2.20. The second-order valence-electron chi connectivity index (χ2n) is 5.56. The lowest BCUT2D eigenvalue weighted by atomic mass is 10.2. The molecule has 0 bridgehead atoms. The van der Waals surface area contributed by atoms with Crippen LogP contribution in [0.15, 0.2) is 48.5 Å². The fraction of sp³-hybridized carbons (Fsp3) is 0.111. The van der Waals surface area contributed by atoms with Gasteiger partial charge in [-0.1, -0.05) is 70.9 Å². The van der Waals surface area contributed by atoms with Gasteiger partial charge in [-0.15, -0.1) is 10.2 Å². The number of hydrogen-bond donors (Lipinski definition) is 2. The number of anilines is 1. The molecule has 2 amide bonds. The number of aromatic nitrogens is 2. The van der Waals surface area contributed by atoms with E-state index in [1.807, 2.05) is 30.3 Å². The molecule has 0 aliphatic heterocycles. The molecule has 0 spiro atoms. The summed E-state index contributed by atoms with van der Waals surface area (Å²) >= 11 is 13.2. The van der Waals surface area contributed by atoms with Crippen LogP contribution in [0.4, 0.5) is 5.13 Å². The van der Waals surface area contributed by atoms with Crippen LogP contribution in [0.1, 0.15) is 17.3 Å². The van der Waals surface area contributed by atoms with E-state index in [9.17, 15) is 9.59 Å². The van der Waals surface area contributed by atoms with Gasteiger partial charge in [-0.25, -0.2) is 0 Å². The average molecular weight is 421 g/mol. The quantitative estimate of drug-likeness (QED) is 0.645. The van der Waals surface area contributed by atoms with Gasteiger partial charge in [0.2, 0.25) is 11.0 Å². The number of nitrogens with zero attached hydrogens (tertiary/aromatic N) is 2. The van der Waals surface area contributed by atoms with Crippen molar-refractivity contribution in [2.24, 2.45) is 0 Å². The summed E-state index contributed by atoms with van der Waals surface area (Å²) in [4.78, 5) is 24.6. The summed E-state index contributed by atoms with van der Waals surface area (Å²) in [6.07, 6.45) is 0. The normalized spacial score (nSPS) is 11.7. The molecule has 1 heterocycles. The lowest BCUT2D eigenvalue weighted by Crippen LogP contribution is -2.41. The molecule has 1 unspecified atom stereocenters. The number of carbonyl (C=O) groups excluding carboxylic acids is 2. The Labute approximate surface area is 169 Å². The number of rotatable bonds is 5. The lowest BCUT2D eigenvalue weighted by molar-refractivity contribution is -0.117. The second kappa shape index (κ2) is 8.47. The van der Waals surface area contributed by atoms with E-state index in [1.54, 1.807) is 19.1 Å². The Morgan fingerprint density at radius 3 is 2.52 bits per heavy atom. The van der Waals surface area contributed by atoms with Gasteiger partial charge < -0.3 is 5.32 Å². The van der Waals surface area contributed by atoms with Crippen LogP contribution < -0.4 is 10.6 Å². The van der Waals surface area contributed by atoms with E-state index in [0.717, 1.165) is 5.56 Å². The number of carbonyl (C=O) groups is 2. The molecule has 0 saturated carbocycles. The minimum Gasteiger partial charge on any atom is -0.340 e. The predicted molar refractivity (Wildman–Crippen MR) is 107 cm³/mol. The summed E-state index contributed by atoms with van der Waals surface area (Å²) in [6, 6.07) is 13.4. The minimum atomic E-state index is -0.809. The molecule has 3 rings (SSSR count). The Morgan fingerprint density at radius 2 is 1.78 bits per heavy atom. The van der Waals surface area contributed by atoms with Crippen molar-refractivity contribution >= 4 is 51.5 Å². The molecule has 0 fully saturated rings. The van der Waals surface area contributed by atoms with Crippen LogP contribution in [0, 0.1) is 0 Å². The van der Waals surface area contributed by atoms with E-state index < -0.39 is 17.9 Å². The summed E-state index contributed by atoms with van der Waals surface area (Å²) in [5, 5.41) is 14.7. The maximum Gasteiger partial charge on any atom is 0.253 e. The molecule has 0 saturated heterocycles. The summed E-state index contributed by atoms with van der Waals surface area (Å²) in [5.74, 6) is -0.912. The van der Waals surface area contributed by atoms with E-state index in [4.69, 9.17) is 23.2 Å². The third-order valence-corrected chi connectivity index (χ3v) is 5.32. The Balaban J connectivity index is 1.63. The molecular formula is C18H14Cl2N4O2S. The largest absolute Gasteiger partial charge is 0.340 e. The summed E-state index contributed by atoms with van der Waals surface area (Å²) in [6.45, 7) is 1.56. The molecule has 0 aliphatic carbocycles. The molecular weight excluding hydrogens is 407 g/mol. The Kier molecular flexibility index (Phi) is 6.05. The van der Waals surface area contributed by atoms with Crippen molar-refractivity contribution in [2.75, 3.05) is 5.32 Å². The number of hydrogen-bond acceptors (Lipinski definition) is 5. The number of amides is 2. The van der Waals surface area contributed by atoms with E-state index >= 15 is 0 Å². The van der Waals surface area contributed by atoms with Gasteiger partial charge in [-0.05, 0) is 19.1 Å². The van der Waals surface area contributed by atoms with Gasteiger partial charge in [0, 0.05) is 5.56 Å². The van der Waals surface area contributed by atoms with Gasteiger partial charge in [0.15, 0.2) is 0 Å². The molecule has 3 aromatic rings. The first-order chi connectivity index (χ1) is 13.0. The standard InChI is InChI=1S/C18H14Cl2N4O2S/c1-10(21-16(26)12-8-5-9-13(19)14(12)20)15(25)22-18-24-23-17(27-18)11-6-3-2-4-7-11/h2-10H,1H3,(H,21,26)(H,22,24,25). The Morgan fingerprint density at radius 1 is 1.04 bits per heavy atom. The summed E-state index contributed by atoms with van der Waals surface area (Å²) < 4.78 is 0.